The van der Waals surface area contributed by atoms with Crippen LogP contribution in [0.3, 0.4) is 0 Å². The fraction of sp³-hybridized carbons (Fsp3) is 0.286. The Morgan fingerprint density at radius 2 is 1.50 bits per heavy atom. The Labute approximate surface area is 159 Å². The van der Waals surface area contributed by atoms with Crippen molar-refractivity contribution >= 4 is 26.3 Å². The first-order valence-electron chi connectivity index (χ1n) is 7.43. The van der Waals surface area contributed by atoms with Crippen molar-refractivity contribution in [2.75, 3.05) is 0 Å². The fourth-order valence-corrected chi connectivity index (χ4v) is 5.77. The van der Waals surface area contributed by atoms with Crippen molar-refractivity contribution in [3.63, 3.8) is 0 Å². The summed E-state index contributed by atoms with van der Waals surface area (Å²) in [6.07, 6.45) is 1.39. The molecule has 14 heteroatoms. The third-order valence-corrected chi connectivity index (χ3v) is 8.23. The predicted octanol–water partition coefficient (Wildman–Crippen LogP) is 0.997. The zero-order chi connectivity index (χ0) is 21.4. The summed E-state index contributed by atoms with van der Waals surface area (Å²) >= 11 is 0. The zero-order valence-electron chi connectivity index (χ0n) is 13.9. The molecule has 0 aromatic heterocycles. The highest BCUT2D eigenvalue weighted by molar-refractivity contribution is 8.05. The van der Waals surface area contributed by atoms with Crippen molar-refractivity contribution in [1.82, 2.24) is 0 Å². The number of nitro groups is 2. The first kappa shape index (κ1) is 21.6. The minimum absolute atomic E-state index is 0.432. The maximum Gasteiger partial charge on any atom is 0.480 e. The maximum atomic E-state index is 12.0. The largest absolute Gasteiger partial charge is 0.480 e. The van der Waals surface area contributed by atoms with E-state index >= 15 is 0 Å². The van der Waals surface area contributed by atoms with Crippen LogP contribution in [0.2, 0.25) is 0 Å². The van der Waals surface area contributed by atoms with Gasteiger partial charge in [0.05, 0.1) is 6.08 Å². The van der Waals surface area contributed by atoms with Crippen molar-refractivity contribution < 1.29 is 35.8 Å². The Morgan fingerprint density at radius 3 is 1.93 bits per heavy atom. The third kappa shape index (κ3) is 3.42. The molecule has 0 fully saturated rings. The average Bonchev–Trinajstić information content (AvgIpc) is 2.58. The SMILES string of the molecule is O=[N+]([O-])C1([N+](=O)[O-])C=CC(/C=C/c2ccccc2)C(S(=O)(=O)O)(S(=O)(=O)O)C1. The van der Waals surface area contributed by atoms with Crippen LogP contribution in [0.25, 0.3) is 6.08 Å². The first-order chi connectivity index (χ1) is 12.8. The van der Waals surface area contributed by atoms with Crippen molar-refractivity contribution in [2.45, 2.75) is 16.2 Å². The second kappa shape index (κ2) is 7.05. The van der Waals surface area contributed by atoms with E-state index in [2.05, 4.69) is 0 Å². The number of hydrogen-bond donors (Lipinski definition) is 2. The Hall–Kier alpha value is -2.68. The summed E-state index contributed by atoms with van der Waals surface area (Å²) in [6.45, 7) is 0. The van der Waals surface area contributed by atoms with E-state index in [-0.39, 0.29) is 0 Å². The van der Waals surface area contributed by atoms with Gasteiger partial charge < -0.3 is 0 Å². The quantitative estimate of drug-likeness (QED) is 0.214. The summed E-state index contributed by atoms with van der Waals surface area (Å²) in [5.41, 5.74) is -2.92. The van der Waals surface area contributed by atoms with E-state index < -0.39 is 52.2 Å². The van der Waals surface area contributed by atoms with Crippen LogP contribution in [-0.4, -0.2) is 45.5 Å². The Bertz CT molecular complexity index is 1010. The zero-order valence-corrected chi connectivity index (χ0v) is 15.5. The highest BCUT2D eigenvalue weighted by atomic mass is 32.3. The Morgan fingerprint density at radius 1 is 1.00 bits per heavy atom. The van der Waals surface area contributed by atoms with Crippen LogP contribution < -0.4 is 0 Å². The number of allylic oxidation sites excluding steroid dienone is 2. The molecule has 0 spiro atoms. The number of hydrogen-bond acceptors (Lipinski definition) is 8. The summed E-state index contributed by atoms with van der Waals surface area (Å²) in [5.74, 6) is -1.86. The maximum absolute atomic E-state index is 12.0. The van der Waals surface area contributed by atoms with Crippen LogP contribution in [0.4, 0.5) is 0 Å². The molecule has 1 atom stereocenters. The van der Waals surface area contributed by atoms with Gasteiger partial charge >= 0.3 is 5.66 Å². The van der Waals surface area contributed by atoms with Crippen molar-refractivity contribution in [3.05, 3.63) is 74.4 Å². The molecule has 1 unspecified atom stereocenters. The fourth-order valence-electron chi connectivity index (χ4n) is 2.91. The standard InChI is InChI=1S/C14H14N2O10S2/c17-15(18)13(16(19)20)9-8-12(7-6-11-4-2-1-3-5-11)14(10-13,27(21,22)23)28(24,25)26/h1-9,12H,10H2,(H,21,22,23)(H,24,25,26)/b7-6+. The molecule has 1 aromatic carbocycles. The lowest BCUT2D eigenvalue weighted by molar-refractivity contribution is -0.782. The second-order valence-electron chi connectivity index (χ2n) is 5.99. The molecule has 0 saturated heterocycles. The molecule has 1 aromatic rings. The monoisotopic (exact) mass is 434 g/mol. The smallest absolute Gasteiger partial charge is 0.284 e. The molecule has 12 nitrogen and oxygen atoms in total. The molecule has 0 saturated carbocycles. The Kier molecular flexibility index (Phi) is 5.44. The summed E-state index contributed by atoms with van der Waals surface area (Å²) in [7, 11) is -11.6. The number of nitrogens with zero attached hydrogens (tertiary/aromatic N) is 2. The number of rotatable bonds is 6. The third-order valence-electron chi connectivity index (χ3n) is 4.39. The van der Waals surface area contributed by atoms with Gasteiger partial charge in [0, 0.05) is 5.92 Å². The topological polar surface area (TPSA) is 195 Å². The van der Waals surface area contributed by atoms with Crippen molar-refractivity contribution in [3.8, 4) is 0 Å². The van der Waals surface area contributed by atoms with Gasteiger partial charge in [-0.3, -0.25) is 29.3 Å². The van der Waals surface area contributed by atoms with Crippen LogP contribution >= 0.6 is 0 Å². The van der Waals surface area contributed by atoms with Crippen LogP contribution in [0.5, 0.6) is 0 Å². The summed E-state index contributed by atoms with van der Waals surface area (Å²) < 4.78 is 63.6. The van der Waals surface area contributed by atoms with Crippen LogP contribution in [0.15, 0.2) is 48.6 Å². The highest BCUT2D eigenvalue weighted by Crippen LogP contribution is 2.46. The van der Waals surface area contributed by atoms with Gasteiger partial charge in [-0.25, -0.2) is 0 Å². The van der Waals surface area contributed by atoms with Crippen LogP contribution in [-0.2, 0) is 20.2 Å². The van der Waals surface area contributed by atoms with Gasteiger partial charge in [0.15, 0.2) is 0 Å². The molecule has 0 heterocycles. The average molecular weight is 434 g/mol. The molecule has 0 amide bonds. The van der Waals surface area contributed by atoms with E-state index in [4.69, 9.17) is 0 Å². The van der Waals surface area contributed by atoms with E-state index in [0.717, 1.165) is 6.08 Å². The summed E-state index contributed by atoms with van der Waals surface area (Å²) in [4.78, 5) is 19.6. The minimum Gasteiger partial charge on any atom is -0.284 e. The molecule has 2 N–H and O–H groups in total. The second-order valence-corrected chi connectivity index (χ2v) is 9.60. The van der Waals surface area contributed by atoms with Gasteiger partial charge in [-0.15, -0.1) is 0 Å². The van der Waals surface area contributed by atoms with Gasteiger partial charge in [-0.1, -0.05) is 48.6 Å². The molecule has 2 rings (SSSR count). The summed E-state index contributed by atoms with van der Waals surface area (Å²) in [5, 5.41) is 22.6. The van der Waals surface area contributed by atoms with Gasteiger partial charge in [-0.05, 0) is 5.56 Å². The van der Waals surface area contributed by atoms with Gasteiger partial charge in [0.1, 0.15) is 16.3 Å². The number of benzene rings is 1. The Balaban J connectivity index is 2.79. The lowest BCUT2D eigenvalue weighted by Crippen LogP contribution is -2.61. The lowest BCUT2D eigenvalue weighted by Gasteiger charge is -2.35. The first-order valence-corrected chi connectivity index (χ1v) is 10.3. The molecule has 1 aliphatic rings. The van der Waals surface area contributed by atoms with E-state index in [1.54, 1.807) is 30.3 Å². The molecular formula is C14H14N2O10S2. The van der Waals surface area contributed by atoms with Crippen molar-refractivity contribution in [1.29, 1.82) is 0 Å². The van der Waals surface area contributed by atoms with Gasteiger partial charge in [0.2, 0.25) is 4.08 Å². The van der Waals surface area contributed by atoms with Crippen LogP contribution in [0.1, 0.15) is 12.0 Å². The van der Waals surface area contributed by atoms with E-state index in [1.165, 1.54) is 6.08 Å². The van der Waals surface area contributed by atoms with Gasteiger partial charge in [-0.2, -0.15) is 16.8 Å². The molecule has 0 aliphatic heterocycles. The molecule has 28 heavy (non-hydrogen) atoms. The predicted molar refractivity (Wildman–Crippen MR) is 95.3 cm³/mol. The minimum atomic E-state index is -5.79. The van der Waals surface area contributed by atoms with E-state index in [1.807, 2.05) is 0 Å². The highest BCUT2D eigenvalue weighted by Gasteiger charge is 2.72. The van der Waals surface area contributed by atoms with E-state index in [9.17, 15) is 46.2 Å². The lowest BCUT2D eigenvalue weighted by atomic mass is 9.87. The molecule has 1 aliphatic carbocycles. The molecule has 0 radical (unpaired) electrons. The molecule has 0 bridgehead atoms. The van der Waals surface area contributed by atoms with Gasteiger partial charge in [0.25, 0.3) is 20.2 Å². The normalized spacial score (nSPS) is 21.4. The molecular weight excluding hydrogens is 420 g/mol. The van der Waals surface area contributed by atoms with E-state index in [0.29, 0.717) is 17.7 Å². The molecule has 152 valence electrons. The van der Waals surface area contributed by atoms with Crippen molar-refractivity contribution in [2.24, 2.45) is 5.92 Å². The summed E-state index contributed by atoms with van der Waals surface area (Å²) in [6, 6.07) is 8.01. The van der Waals surface area contributed by atoms with Crippen LogP contribution in [0, 0.1) is 26.1 Å².